The van der Waals surface area contributed by atoms with Crippen molar-refractivity contribution < 1.29 is 9.15 Å². The molecule has 0 fully saturated rings. The third-order valence-electron chi connectivity index (χ3n) is 0.782. The summed E-state index contributed by atoms with van der Waals surface area (Å²) in [6.45, 7) is 2.58. The minimum absolute atomic E-state index is 0.590. The highest BCUT2D eigenvalue weighted by Crippen LogP contribution is 2.08. The van der Waals surface area contributed by atoms with E-state index in [1.165, 1.54) is 0 Å². The van der Waals surface area contributed by atoms with Gasteiger partial charge in [-0.05, 0) is 13.0 Å². The van der Waals surface area contributed by atoms with Crippen LogP contribution < -0.4 is 4.74 Å². The molecular weight excluding hydrogens is 104 g/mol. The predicted octanol–water partition coefficient (Wildman–Crippen LogP) is 1.68. The first-order chi connectivity index (χ1) is 3.93. The van der Waals surface area contributed by atoms with Gasteiger partial charge in [-0.15, -0.1) is 0 Å². The monoisotopic (exact) mass is 112 g/mol. The van der Waals surface area contributed by atoms with Crippen molar-refractivity contribution in [2.45, 2.75) is 6.92 Å². The molecule has 0 saturated heterocycles. The molecule has 0 N–H and O–H groups in total. The van der Waals surface area contributed by atoms with Gasteiger partial charge in [0, 0.05) is 6.07 Å². The lowest BCUT2D eigenvalue weighted by Crippen LogP contribution is -1.87. The average Bonchev–Trinajstić information content (AvgIpc) is 2.19. The van der Waals surface area contributed by atoms with Gasteiger partial charge in [0.2, 0.25) is 0 Å². The molecule has 0 amide bonds. The van der Waals surface area contributed by atoms with Crippen molar-refractivity contribution in [1.29, 1.82) is 0 Å². The molecule has 1 aromatic rings. The van der Waals surface area contributed by atoms with Crippen LogP contribution in [0.4, 0.5) is 0 Å². The highest BCUT2D eigenvalue weighted by atomic mass is 16.6. The quantitative estimate of drug-likeness (QED) is 0.580. The zero-order valence-electron chi connectivity index (χ0n) is 4.76. The van der Waals surface area contributed by atoms with Crippen LogP contribution in [-0.2, 0) is 0 Å². The molecule has 2 nitrogen and oxygen atoms in total. The van der Waals surface area contributed by atoms with E-state index in [1.807, 2.05) is 6.92 Å². The van der Waals surface area contributed by atoms with Gasteiger partial charge in [0.05, 0.1) is 12.9 Å². The van der Waals surface area contributed by atoms with E-state index < -0.39 is 0 Å². The normalized spacial score (nSPS) is 9.12. The van der Waals surface area contributed by atoms with E-state index in [1.54, 1.807) is 18.4 Å². The maximum absolute atomic E-state index is 4.98. The summed E-state index contributed by atoms with van der Waals surface area (Å²) < 4.78 is 9.83. The second-order valence-electron chi connectivity index (χ2n) is 1.37. The Hall–Kier alpha value is -0.920. The largest absolute Gasteiger partial charge is 0.465 e. The van der Waals surface area contributed by atoms with Crippen LogP contribution in [0, 0.1) is 0 Å². The van der Waals surface area contributed by atoms with Crippen molar-refractivity contribution in [3.8, 4) is 5.95 Å². The van der Waals surface area contributed by atoms with Crippen LogP contribution in [-0.4, -0.2) is 6.61 Å². The predicted molar refractivity (Wildman–Crippen MR) is 29.9 cm³/mol. The lowest BCUT2D eigenvalue weighted by Gasteiger charge is -1.92. The number of ether oxygens (including phenoxy) is 1. The first-order valence-electron chi connectivity index (χ1n) is 2.60. The summed E-state index contributed by atoms with van der Waals surface area (Å²) in [6.07, 6.45) is 1.59. The summed E-state index contributed by atoms with van der Waals surface area (Å²) >= 11 is 0. The molecule has 1 rings (SSSR count). The number of hydrogen-bond donors (Lipinski definition) is 0. The van der Waals surface area contributed by atoms with Gasteiger partial charge in [0.1, 0.15) is 0 Å². The second-order valence-corrected chi connectivity index (χ2v) is 1.37. The number of rotatable bonds is 2. The first kappa shape index (κ1) is 5.22. The number of furan rings is 1. The number of hydrogen-bond acceptors (Lipinski definition) is 2. The van der Waals surface area contributed by atoms with Crippen LogP contribution in [0.25, 0.3) is 0 Å². The topological polar surface area (TPSA) is 22.4 Å². The maximum Gasteiger partial charge on any atom is 0.284 e. The van der Waals surface area contributed by atoms with Crippen molar-refractivity contribution in [2.75, 3.05) is 6.61 Å². The van der Waals surface area contributed by atoms with E-state index in [0.29, 0.717) is 12.6 Å². The molecule has 0 bridgehead atoms. The van der Waals surface area contributed by atoms with Gasteiger partial charge in [-0.25, -0.2) is 0 Å². The Morgan fingerprint density at radius 3 is 3.12 bits per heavy atom. The van der Waals surface area contributed by atoms with E-state index in [4.69, 9.17) is 9.15 Å². The van der Waals surface area contributed by atoms with Crippen LogP contribution in [0.15, 0.2) is 22.8 Å². The Labute approximate surface area is 48.1 Å². The van der Waals surface area contributed by atoms with E-state index in [9.17, 15) is 0 Å². The Morgan fingerprint density at radius 1 is 1.75 bits per heavy atom. The molecule has 0 saturated carbocycles. The van der Waals surface area contributed by atoms with Gasteiger partial charge in [-0.2, -0.15) is 0 Å². The smallest absolute Gasteiger partial charge is 0.284 e. The second kappa shape index (κ2) is 2.40. The van der Waals surface area contributed by atoms with Gasteiger partial charge in [-0.3, -0.25) is 0 Å². The third kappa shape index (κ3) is 1.03. The zero-order chi connectivity index (χ0) is 5.82. The van der Waals surface area contributed by atoms with Gasteiger partial charge in [0.25, 0.3) is 5.95 Å². The van der Waals surface area contributed by atoms with Crippen molar-refractivity contribution in [1.82, 2.24) is 0 Å². The molecule has 8 heavy (non-hydrogen) atoms. The Balaban J connectivity index is 2.50. The first-order valence-corrected chi connectivity index (χ1v) is 2.60. The third-order valence-corrected chi connectivity index (χ3v) is 0.782. The van der Waals surface area contributed by atoms with Gasteiger partial charge in [0.15, 0.2) is 0 Å². The van der Waals surface area contributed by atoms with E-state index in [2.05, 4.69) is 0 Å². The molecule has 0 aliphatic rings. The van der Waals surface area contributed by atoms with Crippen molar-refractivity contribution in [3.63, 3.8) is 0 Å². The van der Waals surface area contributed by atoms with E-state index in [-0.39, 0.29) is 0 Å². The molecule has 0 spiro atoms. The van der Waals surface area contributed by atoms with Crippen molar-refractivity contribution in [3.05, 3.63) is 18.4 Å². The molecule has 2 heteroatoms. The maximum atomic E-state index is 4.98. The van der Waals surface area contributed by atoms with Crippen molar-refractivity contribution in [2.24, 2.45) is 0 Å². The van der Waals surface area contributed by atoms with E-state index >= 15 is 0 Å². The summed E-state index contributed by atoms with van der Waals surface area (Å²) in [7, 11) is 0. The Morgan fingerprint density at radius 2 is 2.62 bits per heavy atom. The fourth-order valence-electron chi connectivity index (χ4n) is 0.488. The highest BCUT2D eigenvalue weighted by molar-refractivity contribution is 5.03. The molecule has 44 valence electrons. The molecule has 0 aromatic carbocycles. The minimum Gasteiger partial charge on any atom is -0.465 e. The molecule has 1 heterocycles. The zero-order valence-corrected chi connectivity index (χ0v) is 4.76. The lowest BCUT2D eigenvalue weighted by atomic mass is 10.6. The van der Waals surface area contributed by atoms with Crippen LogP contribution in [0.3, 0.4) is 0 Å². The Bertz CT molecular complexity index is 132. The molecular formula is C6H8O2. The fraction of sp³-hybridized carbons (Fsp3) is 0.333. The summed E-state index contributed by atoms with van der Waals surface area (Å²) in [5.41, 5.74) is 0. The summed E-state index contributed by atoms with van der Waals surface area (Å²) in [5, 5.41) is 0. The van der Waals surface area contributed by atoms with Crippen LogP contribution in [0.5, 0.6) is 5.95 Å². The lowest BCUT2D eigenvalue weighted by molar-refractivity contribution is 0.257. The summed E-state index contributed by atoms with van der Waals surface area (Å²) in [4.78, 5) is 0. The molecule has 1 aromatic heterocycles. The minimum atomic E-state index is 0.590. The SMILES string of the molecule is CCOc1ccco1. The van der Waals surface area contributed by atoms with Gasteiger partial charge < -0.3 is 9.15 Å². The van der Waals surface area contributed by atoms with E-state index in [0.717, 1.165) is 0 Å². The summed E-state index contributed by atoms with van der Waals surface area (Å²) in [6, 6.07) is 3.58. The van der Waals surface area contributed by atoms with Crippen LogP contribution >= 0.6 is 0 Å². The van der Waals surface area contributed by atoms with Crippen molar-refractivity contribution >= 4 is 0 Å². The van der Waals surface area contributed by atoms with Crippen LogP contribution in [0.2, 0.25) is 0 Å². The standard InChI is InChI=1S/C6H8O2/c1-2-7-6-4-3-5-8-6/h3-5H,2H2,1H3. The molecule has 0 aliphatic carbocycles. The molecule has 0 radical (unpaired) electrons. The van der Waals surface area contributed by atoms with Gasteiger partial charge in [-0.1, -0.05) is 0 Å². The van der Waals surface area contributed by atoms with Crippen LogP contribution in [0.1, 0.15) is 6.92 Å². The summed E-state index contributed by atoms with van der Waals surface area (Å²) in [5.74, 6) is 0.590. The fourth-order valence-corrected chi connectivity index (χ4v) is 0.488. The molecule has 0 unspecified atom stereocenters. The Kier molecular flexibility index (Phi) is 1.57. The average molecular weight is 112 g/mol. The molecule has 0 aliphatic heterocycles. The molecule has 0 atom stereocenters. The van der Waals surface area contributed by atoms with Gasteiger partial charge >= 0.3 is 0 Å². The highest BCUT2D eigenvalue weighted by Gasteiger charge is 1.88.